The minimum Gasteiger partial charge on any atom is -0.497 e. The van der Waals surface area contributed by atoms with Gasteiger partial charge in [-0.15, -0.1) is 10.2 Å². The predicted molar refractivity (Wildman–Crippen MR) is 116 cm³/mol. The van der Waals surface area contributed by atoms with Gasteiger partial charge in [0.05, 0.1) is 18.4 Å². The molecule has 0 saturated heterocycles. The maximum Gasteiger partial charge on any atom is 0.233 e. The predicted octanol–water partition coefficient (Wildman–Crippen LogP) is 4.47. The molecule has 2 unspecified atom stereocenters. The smallest absolute Gasteiger partial charge is 0.233 e. The van der Waals surface area contributed by atoms with Gasteiger partial charge in [0.2, 0.25) is 5.91 Å². The van der Waals surface area contributed by atoms with E-state index in [4.69, 9.17) is 4.74 Å². The second-order valence-corrected chi connectivity index (χ2v) is 8.13. The highest BCUT2D eigenvalue weighted by molar-refractivity contribution is 8.00. The Labute approximate surface area is 179 Å². The molecular weight excluding hydrogens is 403 g/mol. The molecule has 1 amide bonds. The number of nitrogens with zero attached hydrogens (tertiary/aromatic N) is 3. The molecular formula is C22H25FN4O2S. The summed E-state index contributed by atoms with van der Waals surface area (Å²) in [5.41, 5.74) is 1.78. The Morgan fingerprint density at radius 1 is 1.13 bits per heavy atom. The molecule has 0 aliphatic carbocycles. The molecule has 3 aromatic rings. The largest absolute Gasteiger partial charge is 0.497 e. The lowest BCUT2D eigenvalue weighted by Gasteiger charge is -2.18. The third kappa shape index (κ3) is 4.99. The summed E-state index contributed by atoms with van der Waals surface area (Å²) in [5.74, 6) is 1.10. The van der Waals surface area contributed by atoms with Crippen LogP contribution in [0.2, 0.25) is 0 Å². The van der Waals surface area contributed by atoms with E-state index in [1.54, 1.807) is 19.2 Å². The van der Waals surface area contributed by atoms with E-state index < -0.39 is 0 Å². The number of halogens is 1. The molecule has 6 nitrogen and oxygen atoms in total. The van der Waals surface area contributed by atoms with Crippen LogP contribution in [0.5, 0.6) is 5.75 Å². The van der Waals surface area contributed by atoms with Gasteiger partial charge < -0.3 is 14.6 Å². The maximum absolute atomic E-state index is 13.1. The van der Waals surface area contributed by atoms with Crippen molar-refractivity contribution < 1.29 is 13.9 Å². The van der Waals surface area contributed by atoms with Gasteiger partial charge >= 0.3 is 0 Å². The highest BCUT2D eigenvalue weighted by atomic mass is 32.2. The van der Waals surface area contributed by atoms with E-state index in [1.807, 2.05) is 49.6 Å². The molecule has 0 saturated carbocycles. The van der Waals surface area contributed by atoms with Crippen molar-refractivity contribution in [1.82, 2.24) is 20.1 Å². The van der Waals surface area contributed by atoms with Gasteiger partial charge in [0, 0.05) is 12.1 Å². The van der Waals surface area contributed by atoms with Crippen LogP contribution < -0.4 is 10.1 Å². The van der Waals surface area contributed by atoms with Crippen molar-refractivity contribution in [3.8, 4) is 17.1 Å². The number of amides is 1. The van der Waals surface area contributed by atoms with E-state index in [1.165, 1.54) is 23.9 Å². The van der Waals surface area contributed by atoms with Crippen LogP contribution >= 0.6 is 11.8 Å². The molecule has 1 heterocycles. The van der Waals surface area contributed by atoms with Crippen LogP contribution in [0, 0.1) is 5.82 Å². The van der Waals surface area contributed by atoms with Gasteiger partial charge in [-0.2, -0.15) is 0 Å². The summed E-state index contributed by atoms with van der Waals surface area (Å²) in [6.07, 6.45) is 0. The summed E-state index contributed by atoms with van der Waals surface area (Å²) in [5, 5.41) is 11.9. The Morgan fingerprint density at radius 3 is 2.40 bits per heavy atom. The fraction of sp³-hybridized carbons (Fsp3) is 0.318. The number of nitrogens with one attached hydrogen (secondary N) is 1. The Morgan fingerprint density at radius 2 is 1.80 bits per heavy atom. The number of carbonyl (C=O) groups excluding carboxylic acids is 1. The summed E-state index contributed by atoms with van der Waals surface area (Å²) in [6.45, 7) is 6.40. The Hall–Kier alpha value is -2.87. The van der Waals surface area contributed by atoms with Crippen molar-refractivity contribution in [3.05, 3.63) is 59.9 Å². The minimum atomic E-state index is -0.369. The highest BCUT2D eigenvalue weighted by Crippen LogP contribution is 2.28. The molecule has 2 atom stereocenters. The molecule has 0 radical (unpaired) electrons. The highest BCUT2D eigenvalue weighted by Gasteiger charge is 2.21. The van der Waals surface area contributed by atoms with Crippen LogP contribution in [0.1, 0.15) is 32.4 Å². The van der Waals surface area contributed by atoms with Crippen molar-refractivity contribution >= 4 is 17.7 Å². The second-order valence-electron chi connectivity index (χ2n) is 6.82. The van der Waals surface area contributed by atoms with Crippen molar-refractivity contribution in [1.29, 1.82) is 0 Å². The fourth-order valence-electron chi connectivity index (χ4n) is 2.99. The van der Waals surface area contributed by atoms with Crippen LogP contribution in [0.25, 0.3) is 11.4 Å². The van der Waals surface area contributed by atoms with Crippen molar-refractivity contribution in [2.45, 2.75) is 43.8 Å². The lowest BCUT2D eigenvalue weighted by atomic mass is 10.1. The van der Waals surface area contributed by atoms with Gasteiger partial charge in [-0.1, -0.05) is 23.9 Å². The van der Waals surface area contributed by atoms with Crippen LogP contribution in [0.3, 0.4) is 0 Å². The molecule has 3 rings (SSSR count). The van der Waals surface area contributed by atoms with Gasteiger partial charge in [0.1, 0.15) is 11.6 Å². The normalized spacial score (nSPS) is 13.0. The van der Waals surface area contributed by atoms with Gasteiger partial charge in [-0.05, 0) is 62.7 Å². The fourth-order valence-corrected chi connectivity index (χ4v) is 3.91. The number of ether oxygens (including phenoxy) is 1. The van der Waals surface area contributed by atoms with Crippen molar-refractivity contribution in [3.63, 3.8) is 0 Å². The molecule has 0 spiro atoms. The molecule has 158 valence electrons. The summed E-state index contributed by atoms with van der Waals surface area (Å²) in [6, 6.07) is 13.5. The molecule has 0 aliphatic heterocycles. The zero-order valence-electron chi connectivity index (χ0n) is 17.4. The number of aromatic nitrogens is 3. The average molecular weight is 429 g/mol. The van der Waals surface area contributed by atoms with Gasteiger partial charge in [0.15, 0.2) is 11.0 Å². The summed E-state index contributed by atoms with van der Waals surface area (Å²) in [7, 11) is 1.63. The Balaban J connectivity index is 1.69. The minimum absolute atomic E-state index is 0.117. The first-order valence-electron chi connectivity index (χ1n) is 9.73. The number of carbonyl (C=O) groups is 1. The van der Waals surface area contributed by atoms with Gasteiger partial charge in [-0.3, -0.25) is 4.79 Å². The quantitative estimate of drug-likeness (QED) is 0.536. The summed E-state index contributed by atoms with van der Waals surface area (Å²) < 4.78 is 20.3. The molecule has 8 heteroatoms. The standard InChI is InChI=1S/C22H25FN4O2S/c1-5-27-20(17-8-12-19(29-4)13-9-17)25-26-22(27)30-15(3)21(28)24-14(2)16-6-10-18(23)11-7-16/h6-15H,5H2,1-4H3,(H,24,28). The Kier molecular flexibility index (Phi) is 7.10. The summed E-state index contributed by atoms with van der Waals surface area (Å²) in [4.78, 5) is 12.7. The SMILES string of the molecule is CCn1c(SC(C)C(=O)NC(C)c2ccc(F)cc2)nnc1-c1ccc(OC)cc1. The monoisotopic (exact) mass is 428 g/mol. The van der Waals surface area contributed by atoms with Crippen LogP contribution in [0.4, 0.5) is 4.39 Å². The van der Waals surface area contributed by atoms with Crippen molar-refractivity contribution in [2.75, 3.05) is 7.11 Å². The van der Waals surface area contributed by atoms with E-state index in [0.717, 1.165) is 22.7 Å². The number of thioether (sulfide) groups is 1. The van der Waals surface area contributed by atoms with Crippen molar-refractivity contribution in [2.24, 2.45) is 0 Å². The number of benzene rings is 2. The van der Waals surface area contributed by atoms with E-state index in [-0.39, 0.29) is 23.0 Å². The molecule has 1 aromatic heterocycles. The first kappa shape index (κ1) is 21.8. The first-order chi connectivity index (χ1) is 14.4. The molecule has 0 fully saturated rings. The lowest BCUT2D eigenvalue weighted by molar-refractivity contribution is -0.120. The third-order valence-electron chi connectivity index (χ3n) is 4.76. The average Bonchev–Trinajstić information content (AvgIpc) is 3.16. The molecule has 1 N–H and O–H groups in total. The number of hydrogen-bond acceptors (Lipinski definition) is 5. The summed E-state index contributed by atoms with van der Waals surface area (Å²) >= 11 is 1.36. The zero-order chi connectivity index (χ0) is 21.7. The number of rotatable bonds is 8. The Bertz CT molecular complexity index is 989. The molecule has 0 bridgehead atoms. The van der Waals surface area contributed by atoms with E-state index in [9.17, 15) is 9.18 Å². The van der Waals surface area contributed by atoms with E-state index in [2.05, 4.69) is 15.5 Å². The van der Waals surface area contributed by atoms with E-state index in [0.29, 0.717) is 11.7 Å². The third-order valence-corrected chi connectivity index (χ3v) is 5.84. The zero-order valence-corrected chi connectivity index (χ0v) is 18.2. The molecule has 0 aliphatic rings. The second kappa shape index (κ2) is 9.75. The maximum atomic E-state index is 13.1. The number of methoxy groups -OCH3 is 1. The van der Waals surface area contributed by atoms with E-state index >= 15 is 0 Å². The van der Waals surface area contributed by atoms with Gasteiger partial charge in [0.25, 0.3) is 0 Å². The topological polar surface area (TPSA) is 69.0 Å². The molecule has 2 aromatic carbocycles. The first-order valence-corrected chi connectivity index (χ1v) is 10.6. The van der Waals surface area contributed by atoms with Gasteiger partial charge in [-0.25, -0.2) is 4.39 Å². The van der Waals surface area contributed by atoms with Crippen LogP contribution in [-0.4, -0.2) is 33.0 Å². The lowest BCUT2D eigenvalue weighted by Crippen LogP contribution is -2.33. The molecule has 30 heavy (non-hydrogen) atoms. The number of hydrogen-bond donors (Lipinski definition) is 1. The van der Waals surface area contributed by atoms with Crippen LogP contribution in [-0.2, 0) is 11.3 Å². The van der Waals surface area contributed by atoms with Crippen LogP contribution in [0.15, 0.2) is 53.7 Å².